The van der Waals surface area contributed by atoms with E-state index < -0.39 is 5.60 Å². The fourth-order valence-corrected chi connectivity index (χ4v) is 0.725. The van der Waals surface area contributed by atoms with E-state index in [0.717, 1.165) is 5.57 Å². The SMILES string of the molecule is CC(C)(O)/C(=C/CN)CN. The van der Waals surface area contributed by atoms with Gasteiger partial charge in [-0.2, -0.15) is 0 Å². The summed E-state index contributed by atoms with van der Waals surface area (Å²) in [5.41, 5.74) is 10.6. The van der Waals surface area contributed by atoms with Crippen molar-refractivity contribution in [1.82, 2.24) is 0 Å². The molecule has 60 valence electrons. The summed E-state index contributed by atoms with van der Waals surface area (Å²) in [7, 11) is 0. The van der Waals surface area contributed by atoms with Crippen LogP contribution in [-0.4, -0.2) is 23.8 Å². The molecule has 0 aliphatic carbocycles. The van der Waals surface area contributed by atoms with Crippen LogP contribution in [0.15, 0.2) is 11.6 Å². The standard InChI is InChI=1S/C7H16N2O/c1-7(2,10)6(5-9)3-4-8/h3,10H,4-5,8-9H2,1-2H3/b6-3+. The summed E-state index contributed by atoms with van der Waals surface area (Å²) >= 11 is 0. The quantitative estimate of drug-likeness (QED) is 0.472. The van der Waals surface area contributed by atoms with Gasteiger partial charge in [0.05, 0.1) is 5.60 Å². The van der Waals surface area contributed by atoms with Gasteiger partial charge >= 0.3 is 0 Å². The highest BCUT2D eigenvalue weighted by molar-refractivity contribution is 5.15. The summed E-state index contributed by atoms with van der Waals surface area (Å²) in [5, 5.41) is 9.40. The van der Waals surface area contributed by atoms with Gasteiger partial charge in [0.1, 0.15) is 0 Å². The minimum Gasteiger partial charge on any atom is -0.386 e. The second-order valence-corrected chi connectivity index (χ2v) is 2.73. The van der Waals surface area contributed by atoms with Gasteiger partial charge in [-0.25, -0.2) is 0 Å². The van der Waals surface area contributed by atoms with Crippen LogP contribution in [-0.2, 0) is 0 Å². The van der Waals surface area contributed by atoms with E-state index in [1.54, 1.807) is 19.9 Å². The Morgan fingerprint density at radius 3 is 2.10 bits per heavy atom. The van der Waals surface area contributed by atoms with Gasteiger partial charge in [0.2, 0.25) is 0 Å². The molecule has 0 spiro atoms. The Balaban J connectivity index is 4.21. The van der Waals surface area contributed by atoms with Crippen LogP contribution < -0.4 is 11.5 Å². The highest BCUT2D eigenvalue weighted by Crippen LogP contribution is 2.12. The van der Waals surface area contributed by atoms with Crippen LogP contribution in [0.4, 0.5) is 0 Å². The molecule has 0 aromatic carbocycles. The molecule has 0 saturated carbocycles. The fraction of sp³-hybridized carbons (Fsp3) is 0.714. The number of rotatable bonds is 3. The van der Waals surface area contributed by atoms with Crippen LogP contribution in [0, 0.1) is 0 Å². The van der Waals surface area contributed by atoms with E-state index in [-0.39, 0.29) is 0 Å². The maximum atomic E-state index is 9.40. The molecule has 5 N–H and O–H groups in total. The van der Waals surface area contributed by atoms with Crippen molar-refractivity contribution in [3.8, 4) is 0 Å². The second-order valence-electron chi connectivity index (χ2n) is 2.73. The van der Waals surface area contributed by atoms with E-state index in [2.05, 4.69) is 0 Å². The molecule has 0 saturated heterocycles. The van der Waals surface area contributed by atoms with Crippen LogP contribution in [0.25, 0.3) is 0 Å². The van der Waals surface area contributed by atoms with Gasteiger partial charge in [0.15, 0.2) is 0 Å². The molecule has 0 heterocycles. The summed E-state index contributed by atoms with van der Waals surface area (Å²) in [6, 6.07) is 0. The lowest BCUT2D eigenvalue weighted by Gasteiger charge is -2.20. The molecule has 0 amide bonds. The van der Waals surface area contributed by atoms with Crippen molar-refractivity contribution in [3.63, 3.8) is 0 Å². The van der Waals surface area contributed by atoms with Crippen LogP contribution in [0.1, 0.15) is 13.8 Å². The van der Waals surface area contributed by atoms with Crippen LogP contribution >= 0.6 is 0 Å². The predicted octanol–water partition coefficient (Wildman–Crippen LogP) is -0.399. The molecule has 3 heteroatoms. The topological polar surface area (TPSA) is 72.3 Å². The lowest BCUT2D eigenvalue weighted by molar-refractivity contribution is 0.118. The fourth-order valence-electron chi connectivity index (χ4n) is 0.725. The van der Waals surface area contributed by atoms with Crippen molar-refractivity contribution in [2.75, 3.05) is 13.1 Å². The van der Waals surface area contributed by atoms with Gasteiger partial charge in [-0.05, 0) is 19.4 Å². The summed E-state index contributed by atoms with van der Waals surface area (Å²) in [4.78, 5) is 0. The minimum absolute atomic E-state index is 0.362. The zero-order valence-electron chi connectivity index (χ0n) is 6.59. The highest BCUT2D eigenvalue weighted by atomic mass is 16.3. The molecule has 10 heavy (non-hydrogen) atoms. The van der Waals surface area contributed by atoms with Crippen molar-refractivity contribution in [2.24, 2.45) is 11.5 Å². The summed E-state index contributed by atoms with van der Waals surface area (Å²) < 4.78 is 0. The van der Waals surface area contributed by atoms with Gasteiger partial charge in [-0.1, -0.05) is 6.08 Å². The highest BCUT2D eigenvalue weighted by Gasteiger charge is 2.16. The van der Waals surface area contributed by atoms with E-state index in [0.29, 0.717) is 13.1 Å². The van der Waals surface area contributed by atoms with Crippen LogP contribution in [0.3, 0.4) is 0 Å². The number of hydrogen-bond acceptors (Lipinski definition) is 3. The van der Waals surface area contributed by atoms with Crippen LogP contribution in [0.5, 0.6) is 0 Å². The smallest absolute Gasteiger partial charge is 0.0813 e. The molecule has 0 atom stereocenters. The Bertz CT molecular complexity index is 124. The molecular formula is C7H16N2O. The average Bonchev–Trinajstić information content (AvgIpc) is 1.80. The third-order valence-electron chi connectivity index (χ3n) is 1.37. The molecule has 3 nitrogen and oxygen atoms in total. The molecular weight excluding hydrogens is 128 g/mol. The first-order valence-electron chi connectivity index (χ1n) is 3.34. The van der Waals surface area contributed by atoms with Crippen molar-refractivity contribution in [2.45, 2.75) is 19.4 Å². The Labute approximate surface area is 61.7 Å². The monoisotopic (exact) mass is 144 g/mol. The molecule has 0 bridgehead atoms. The van der Waals surface area contributed by atoms with Crippen molar-refractivity contribution in [3.05, 3.63) is 11.6 Å². The predicted molar refractivity (Wildman–Crippen MR) is 42.5 cm³/mol. The number of nitrogens with two attached hydrogens (primary N) is 2. The molecule has 0 rings (SSSR count). The van der Waals surface area contributed by atoms with Gasteiger partial charge in [0, 0.05) is 13.1 Å². The minimum atomic E-state index is -0.825. The van der Waals surface area contributed by atoms with Crippen molar-refractivity contribution < 1.29 is 5.11 Å². The Hall–Kier alpha value is -0.380. The lowest BCUT2D eigenvalue weighted by Crippen LogP contribution is -2.28. The van der Waals surface area contributed by atoms with E-state index >= 15 is 0 Å². The maximum absolute atomic E-state index is 9.40. The molecule has 0 aromatic heterocycles. The molecule has 0 fully saturated rings. The maximum Gasteiger partial charge on any atom is 0.0813 e. The molecule has 0 radical (unpaired) electrons. The first-order chi connectivity index (χ1) is 4.52. The largest absolute Gasteiger partial charge is 0.386 e. The lowest BCUT2D eigenvalue weighted by atomic mass is 9.98. The summed E-state index contributed by atoms with van der Waals surface area (Å²) in [6.07, 6.45) is 1.75. The van der Waals surface area contributed by atoms with Crippen LogP contribution in [0.2, 0.25) is 0 Å². The molecule has 0 aliphatic rings. The Morgan fingerprint density at radius 2 is 2.00 bits per heavy atom. The molecule has 0 aliphatic heterocycles. The van der Waals surface area contributed by atoms with E-state index in [4.69, 9.17) is 11.5 Å². The second kappa shape index (κ2) is 3.71. The third kappa shape index (κ3) is 2.96. The first-order valence-corrected chi connectivity index (χ1v) is 3.34. The molecule has 0 unspecified atom stereocenters. The van der Waals surface area contributed by atoms with Crippen molar-refractivity contribution >= 4 is 0 Å². The van der Waals surface area contributed by atoms with E-state index in [9.17, 15) is 5.11 Å². The van der Waals surface area contributed by atoms with E-state index in [1.165, 1.54) is 0 Å². The van der Waals surface area contributed by atoms with E-state index in [1.807, 2.05) is 0 Å². The Morgan fingerprint density at radius 1 is 1.50 bits per heavy atom. The number of aliphatic hydroxyl groups is 1. The zero-order chi connectivity index (χ0) is 8.20. The summed E-state index contributed by atoms with van der Waals surface area (Å²) in [5.74, 6) is 0. The average molecular weight is 144 g/mol. The normalized spacial score (nSPS) is 13.9. The van der Waals surface area contributed by atoms with Gasteiger partial charge in [0.25, 0.3) is 0 Å². The van der Waals surface area contributed by atoms with Crippen molar-refractivity contribution in [1.29, 1.82) is 0 Å². The summed E-state index contributed by atoms with van der Waals surface area (Å²) in [6.45, 7) is 4.18. The Kier molecular flexibility index (Phi) is 3.57. The van der Waals surface area contributed by atoms with Gasteiger partial charge < -0.3 is 16.6 Å². The third-order valence-corrected chi connectivity index (χ3v) is 1.37. The van der Waals surface area contributed by atoms with Gasteiger partial charge in [-0.3, -0.25) is 0 Å². The first kappa shape index (κ1) is 9.62. The zero-order valence-corrected chi connectivity index (χ0v) is 6.59. The molecule has 0 aromatic rings. The van der Waals surface area contributed by atoms with Gasteiger partial charge in [-0.15, -0.1) is 0 Å². The number of hydrogen-bond donors (Lipinski definition) is 3.